The summed E-state index contributed by atoms with van der Waals surface area (Å²) in [6, 6.07) is 12.6. The highest BCUT2D eigenvalue weighted by Crippen LogP contribution is 2.34. The number of methoxy groups -OCH3 is 1. The second-order valence-electron chi connectivity index (χ2n) is 6.83. The van der Waals surface area contributed by atoms with Gasteiger partial charge in [0.15, 0.2) is 6.04 Å². The Morgan fingerprint density at radius 2 is 2.07 bits per heavy atom. The van der Waals surface area contributed by atoms with Gasteiger partial charge in [-0.3, -0.25) is 9.59 Å². The maximum absolute atomic E-state index is 12.9. The first-order valence-electron chi connectivity index (χ1n) is 9.17. The quantitative estimate of drug-likeness (QED) is 0.625. The average molecular weight is 399 g/mol. The second kappa shape index (κ2) is 7.66. The van der Waals surface area contributed by atoms with Crippen molar-refractivity contribution < 1.29 is 19.6 Å². The molecule has 3 N–H and O–H groups in total. The first-order chi connectivity index (χ1) is 13.6. The number of aromatic nitrogens is 1. The van der Waals surface area contributed by atoms with E-state index >= 15 is 0 Å². The Labute approximate surface area is 167 Å². The fourth-order valence-corrected chi connectivity index (χ4v) is 3.88. The lowest BCUT2D eigenvalue weighted by molar-refractivity contribution is -0.674. The highest BCUT2D eigenvalue weighted by Gasteiger charge is 2.43. The minimum atomic E-state index is -0.429. The number of para-hydroxylation sites is 1. The predicted molar refractivity (Wildman–Crippen MR) is 108 cm³/mol. The van der Waals surface area contributed by atoms with Gasteiger partial charge in [0, 0.05) is 28.5 Å². The molecule has 1 saturated heterocycles. The lowest BCUT2D eigenvalue weighted by atomic mass is 10.1. The summed E-state index contributed by atoms with van der Waals surface area (Å²) in [5.41, 5.74) is 2.71. The van der Waals surface area contributed by atoms with Crippen molar-refractivity contribution in [3.05, 3.63) is 59.2 Å². The van der Waals surface area contributed by atoms with Crippen molar-refractivity contribution in [1.29, 1.82) is 0 Å². The number of rotatable bonds is 6. The number of ether oxygens (including phenoxy) is 1. The van der Waals surface area contributed by atoms with Crippen LogP contribution in [0.1, 0.15) is 12.0 Å². The monoisotopic (exact) mass is 398 g/mol. The fourth-order valence-electron chi connectivity index (χ4n) is 3.71. The highest BCUT2D eigenvalue weighted by molar-refractivity contribution is 6.31. The number of carbonyl (C=O) groups excluding carboxylic acids is 2. The van der Waals surface area contributed by atoms with E-state index in [2.05, 4.69) is 11.1 Å². The summed E-state index contributed by atoms with van der Waals surface area (Å²) >= 11 is 6.06. The molecule has 0 aliphatic carbocycles. The third-order valence-electron chi connectivity index (χ3n) is 5.10. The average Bonchev–Trinajstić information content (AvgIpc) is 3.22. The molecule has 0 bridgehead atoms. The number of hydrogen-bond donors (Lipinski definition) is 2. The Morgan fingerprint density at radius 1 is 1.25 bits per heavy atom. The van der Waals surface area contributed by atoms with E-state index in [0.717, 1.165) is 11.9 Å². The largest absolute Gasteiger partial charge is 0.495 e. The van der Waals surface area contributed by atoms with Gasteiger partial charge in [-0.05, 0) is 29.8 Å². The van der Waals surface area contributed by atoms with Gasteiger partial charge < -0.3 is 15.0 Å². The zero-order chi connectivity index (χ0) is 19.7. The number of quaternary nitrogens is 1. The molecule has 4 rings (SSSR count). The fraction of sp³-hybridized carbons (Fsp3) is 0.238. The van der Waals surface area contributed by atoms with Crippen molar-refractivity contribution in [2.24, 2.45) is 0 Å². The van der Waals surface area contributed by atoms with Crippen LogP contribution < -0.4 is 15.0 Å². The zero-order valence-electron chi connectivity index (χ0n) is 15.4. The lowest BCUT2D eigenvalue weighted by Crippen LogP contribution is -2.92. The van der Waals surface area contributed by atoms with E-state index in [0.29, 0.717) is 23.0 Å². The van der Waals surface area contributed by atoms with Crippen molar-refractivity contribution in [2.45, 2.75) is 18.9 Å². The number of fused-ring (bicyclic) bond motifs is 1. The molecule has 144 valence electrons. The van der Waals surface area contributed by atoms with Crippen molar-refractivity contribution in [3.63, 3.8) is 0 Å². The number of anilines is 1. The number of nitrogens with two attached hydrogens (primary N) is 1. The number of nitrogens with one attached hydrogen (secondary N) is 1. The van der Waals surface area contributed by atoms with Crippen LogP contribution in [0.5, 0.6) is 5.75 Å². The topological polar surface area (TPSA) is 79.0 Å². The molecule has 0 saturated carbocycles. The SMILES string of the molecule is COc1ccc(Cl)cc1N1C(=O)C[C@@H]([NH2+]CCc2c[nH]c3ccccc23)C1=O. The minimum Gasteiger partial charge on any atom is -0.495 e. The van der Waals surface area contributed by atoms with Crippen LogP contribution in [0, 0.1) is 0 Å². The van der Waals surface area contributed by atoms with Crippen LogP contribution in [0.3, 0.4) is 0 Å². The van der Waals surface area contributed by atoms with Crippen LogP contribution in [0.25, 0.3) is 10.9 Å². The van der Waals surface area contributed by atoms with Crippen LogP contribution in [0.4, 0.5) is 5.69 Å². The van der Waals surface area contributed by atoms with Crippen molar-refractivity contribution in [3.8, 4) is 5.75 Å². The molecule has 0 radical (unpaired) electrons. The maximum atomic E-state index is 12.9. The first kappa shape index (κ1) is 18.5. The van der Waals surface area contributed by atoms with E-state index in [1.54, 1.807) is 18.2 Å². The molecule has 1 aromatic heterocycles. The van der Waals surface area contributed by atoms with Crippen molar-refractivity contribution >= 4 is 40.0 Å². The summed E-state index contributed by atoms with van der Waals surface area (Å²) < 4.78 is 5.30. The number of aromatic amines is 1. The summed E-state index contributed by atoms with van der Waals surface area (Å²) in [6.45, 7) is 0.714. The normalized spacial score (nSPS) is 16.9. The second-order valence-corrected chi connectivity index (χ2v) is 7.26. The van der Waals surface area contributed by atoms with Crippen LogP contribution in [0.2, 0.25) is 5.02 Å². The highest BCUT2D eigenvalue weighted by atomic mass is 35.5. The molecule has 0 spiro atoms. The van der Waals surface area contributed by atoms with Crippen LogP contribution >= 0.6 is 11.6 Å². The molecule has 0 unspecified atom stereocenters. The Bertz CT molecular complexity index is 1050. The number of H-pyrrole nitrogens is 1. The Kier molecular flexibility index (Phi) is 5.07. The van der Waals surface area contributed by atoms with Crippen LogP contribution in [-0.2, 0) is 16.0 Å². The van der Waals surface area contributed by atoms with Gasteiger partial charge in [-0.25, -0.2) is 4.90 Å². The number of carbonyl (C=O) groups is 2. The lowest BCUT2D eigenvalue weighted by Gasteiger charge is -2.17. The van der Waals surface area contributed by atoms with E-state index < -0.39 is 6.04 Å². The number of imide groups is 1. The Morgan fingerprint density at radius 3 is 2.89 bits per heavy atom. The minimum absolute atomic E-state index is 0.169. The van der Waals surface area contributed by atoms with Gasteiger partial charge >= 0.3 is 0 Å². The van der Waals surface area contributed by atoms with Gasteiger partial charge in [-0.15, -0.1) is 0 Å². The molecule has 3 aromatic rings. The molecule has 2 heterocycles. The van der Waals surface area contributed by atoms with Gasteiger partial charge in [-0.1, -0.05) is 29.8 Å². The molecule has 1 atom stereocenters. The van der Waals surface area contributed by atoms with Gasteiger partial charge in [-0.2, -0.15) is 0 Å². The Balaban J connectivity index is 1.45. The van der Waals surface area contributed by atoms with Gasteiger partial charge in [0.1, 0.15) is 5.75 Å². The number of halogens is 1. The van der Waals surface area contributed by atoms with Crippen molar-refractivity contribution in [1.82, 2.24) is 4.98 Å². The van der Waals surface area contributed by atoms with E-state index in [9.17, 15) is 9.59 Å². The molecular weight excluding hydrogens is 378 g/mol. The standard InChI is InChI=1S/C21H20ClN3O3/c1-28-19-7-6-14(22)10-18(19)25-20(26)11-17(21(25)27)23-9-8-13-12-24-16-5-3-2-4-15(13)16/h2-7,10,12,17,23-24H,8-9,11H2,1H3/p+1/t17-/m1/s1. The Hall–Kier alpha value is -2.83. The first-order valence-corrected chi connectivity index (χ1v) is 9.55. The number of hydrogen-bond acceptors (Lipinski definition) is 3. The van der Waals surface area contributed by atoms with Crippen LogP contribution in [0.15, 0.2) is 48.7 Å². The molecule has 1 aliphatic rings. The molecule has 2 amide bonds. The third-order valence-corrected chi connectivity index (χ3v) is 5.34. The molecule has 28 heavy (non-hydrogen) atoms. The maximum Gasteiger partial charge on any atom is 0.292 e. The summed E-state index contributed by atoms with van der Waals surface area (Å²) in [6.07, 6.45) is 2.98. The molecule has 6 nitrogen and oxygen atoms in total. The van der Waals surface area contributed by atoms with Crippen LogP contribution in [-0.4, -0.2) is 36.5 Å². The predicted octanol–water partition coefficient (Wildman–Crippen LogP) is 2.27. The van der Waals surface area contributed by atoms with E-state index in [1.807, 2.05) is 29.7 Å². The summed E-state index contributed by atoms with van der Waals surface area (Å²) in [5, 5.41) is 3.58. The summed E-state index contributed by atoms with van der Waals surface area (Å²) in [4.78, 5) is 29.8. The number of nitrogens with zero attached hydrogens (tertiary/aromatic N) is 1. The smallest absolute Gasteiger partial charge is 0.292 e. The van der Waals surface area contributed by atoms with Gasteiger partial charge in [0.05, 0.1) is 25.8 Å². The third kappa shape index (κ3) is 3.37. The van der Waals surface area contributed by atoms with Gasteiger partial charge in [0.2, 0.25) is 5.91 Å². The van der Waals surface area contributed by atoms with E-state index in [4.69, 9.17) is 16.3 Å². The molecule has 7 heteroatoms. The van der Waals surface area contributed by atoms with E-state index in [1.165, 1.54) is 23.0 Å². The summed E-state index contributed by atoms with van der Waals surface area (Å²) in [5.74, 6) is -0.0195. The molecule has 1 fully saturated rings. The van der Waals surface area contributed by atoms with Gasteiger partial charge in [0.25, 0.3) is 5.91 Å². The number of amides is 2. The van der Waals surface area contributed by atoms with E-state index in [-0.39, 0.29) is 18.2 Å². The molecular formula is C21H21ClN3O3+. The zero-order valence-corrected chi connectivity index (χ0v) is 16.2. The molecule has 2 aromatic carbocycles. The summed E-state index contributed by atoms with van der Waals surface area (Å²) in [7, 11) is 1.50. The number of benzene rings is 2. The molecule has 1 aliphatic heterocycles. The van der Waals surface area contributed by atoms with Crippen molar-refractivity contribution in [2.75, 3.05) is 18.6 Å².